The fourth-order valence-electron chi connectivity index (χ4n) is 0.923. The standard InChI is InChI=1S/C8H21AsN2/c9-5-4-8-11-7-3-1-2-6-10/h11H,1-10H2. The first-order valence-electron chi connectivity index (χ1n) is 4.52. The van der Waals surface area contributed by atoms with Gasteiger partial charge in [0.2, 0.25) is 0 Å². The summed E-state index contributed by atoms with van der Waals surface area (Å²) in [6, 6.07) is 0. The summed E-state index contributed by atoms with van der Waals surface area (Å²) in [4.78, 5) is 0. The van der Waals surface area contributed by atoms with E-state index >= 15 is 0 Å². The normalized spacial score (nSPS) is 10.4. The SMILES string of the molecule is NCCCCCNCCC[AsH2]. The first kappa shape index (κ1) is 11.5. The second-order valence-electron chi connectivity index (χ2n) is 2.74. The molecule has 2 nitrogen and oxygen atoms in total. The molecule has 0 aliphatic carbocycles. The molecule has 11 heavy (non-hydrogen) atoms. The van der Waals surface area contributed by atoms with Gasteiger partial charge in [-0.25, -0.2) is 0 Å². The van der Waals surface area contributed by atoms with Gasteiger partial charge in [0.1, 0.15) is 0 Å². The molecule has 3 heteroatoms. The first-order chi connectivity index (χ1) is 5.41. The summed E-state index contributed by atoms with van der Waals surface area (Å²) >= 11 is 1.83. The molecule has 0 heterocycles. The van der Waals surface area contributed by atoms with Crippen molar-refractivity contribution in [1.82, 2.24) is 5.32 Å². The van der Waals surface area contributed by atoms with Crippen LogP contribution in [0.2, 0.25) is 5.21 Å². The van der Waals surface area contributed by atoms with E-state index < -0.39 is 0 Å². The number of nitrogens with two attached hydrogens (primary N) is 1. The fourth-order valence-corrected chi connectivity index (χ4v) is 1.35. The quantitative estimate of drug-likeness (QED) is 0.451. The van der Waals surface area contributed by atoms with Crippen molar-refractivity contribution in [3.8, 4) is 0 Å². The minimum absolute atomic E-state index is 0.845. The van der Waals surface area contributed by atoms with E-state index in [1.165, 1.54) is 44.0 Å². The van der Waals surface area contributed by atoms with Gasteiger partial charge < -0.3 is 0 Å². The van der Waals surface area contributed by atoms with Crippen molar-refractivity contribution in [2.24, 2.45) is 5.73 Å². The van der Waals surface area contributed by atoms with Gasteiger partial charge >= 0.3 is 78.4 Å². The number of rotatable bonds is 8. The van der Waals surface area contributed by atoms with Crippen molar-refractivity contribution in [2.75, 3.05) is 19.6 Å². The molecule has 0 bridgehead atoms. The molecule has 0 aliphatic heterocycles. The molecule has 0 aromatic heterocycles. The van der Waals surface area contributed by atoms with Crippen molar-refractivity contribution >= 4 is 16.9 Å². The average Bonchev–Trinajstić information content (AvgIpc) is 2.03. The van der Waals surface area contributed by atoms with Crippen molar-refractivity contribution in [1.29, 1.82) is 0 Å². The summed E-state index contributed by atoms with van der Waals surface area (Å²) in [5.74, 6) is 0. The molecular weight excluding hydrogens is 199 g/mol. The van der Waals surface area contributed by atoms with Crippen LogP contribution in [0.15, 0.2) is 0 Å². The van der Waals surface area contributed by atoms with E-state index in [1.54, 1.807) is 0 Å². The third kappa shape index (κ3) is 10.5. The van der Waals surface area contributed by atoms with E-state index in [0.29, 0.717) is 0 Å². The van der Waals surface area contributed by atoms with Gasteiger partial charge in [0.25, 0.3) is 0 Å². The Labute approximate surface area is 78.8 Å². The Kier molecular flexibility index (Phi) is 10.9. The van der Waals surface area contributed by atoms with E-state index in [2.05, 4.69) is 5.32 Å². The van der Waals surface area contributed by atoms with Crippen LogP contribution in [0, 0.1) is 0 Å². The van der Waals surface area contributed by atoms with Gasteiger partial charge in [0.05, 0.1) is 0 Å². The monoisotopic (exact) mass is 220 g/mol. The summed E-state index contributed by atoms with van der Waals surface area (Å²) in [6.45, 7) is 3.21. The van der Waals surface area contributed by atoms with Crippen molar-refractivity contribution in [2.45, 2.75) is 30.9 Å². The zero-order valence-corrected chi connectivity index (χ0v) is 9.73. The van der Waals surface area contributed by atoms with Gasteiger partial charge in [-0.05, 0) is 0 Å². The minimum atomic E-state index is 0.845. The number of hydrogen-bond acceptors (Lipinski definition) is 2. The van der Waals surface area contributed by atoms with Crippen LogP contribution in [-0.2, 0) is 0 Å². The molecule has 0 fully saturated rings. The van der Waals surface area contributed by atoms with E-state index in [1.807, 2.05) is 16.9 Å². The zero-order valence-electron chi connectivity index (χ0n) is 7.31. The van der Waals surface area contributed by atoms with Crippen LogP contribution >= 0.6 is 0 Å². The molecule has 0 saturated carbocycles. The molecule has 68 valence electrons. The van der Waals surface area contributed by atoms with E-state index in [-0.39, 0.29) is 0 Å². The summed E-state index contributed by atoms with van der Waals surface area (Å²) in [6.07, 6.45) is 5.07. The number of unbranched alkanes of at least 4 members (excludes halogenated alkanes) is 2. The molecular formula is C8H21AsN2. The molecule has 0 aromatic rings. The third-order valence-corrected chi connectivity index (χ3v) is 2.47. The second kappa shape index (κ2) is 10.5. The summed E-state index contributed by atoms with van der Waals surface area (Å²) < 4.78 is 0. The van der Waals surface area contributed by atoms with Crippen LogP contribution in [0.5, 0.6) is 0 Å². The topological polar surface area (TPSA) is 38.0 Å². The van der Waals surface area contributed by atoms with Gasteiger partial charge in [-0.15, -0.1) is 0 Å². The Bertz CT molecular complexity index is 61.1. The van der Waals surface area contributed by atoms with E-state index in [0.717, 1.165) is 6.54 Å². The van der Waals surface area contributed by atoms with Gasteiger partial charge in [0, 0.05) is 0 Å². The number of hydrogen-bond donors (Lipinski definition) is 2. The average molecular weight is 220 g/mol. The molecule has 1 unspecified atom stereocenters. The Morgan fingerprint density at radius 3 is 2.36 bits per heavy atom. The van der Waals surface area contributed by atoms with Gasteiger partial charge in [-0.2, -0.15) is 0 Å². The first-order valence-corrected chi connectivity index (χ1v) is 6.24. The van der Waals surface area contributed by atoms with Crippen LogP contribution in [-0.4, -0.2) is 36.5 Å². The van der Waals surface area contributed by atoms with Gasteiger partial charge in [-0.3, -0.25) is 0 Å². The predicted octanol–water partition coefficient (Wildman–Crippen LogP) is 0.146. The van der Waals surface area contributed by atoms with Crippen LogP contribution in [0.3, 0.4) is 0 Å². The molecule has 3 N–H and O–H groups in total. The van der Waals surface area contributed by atoms with Crippen molar-refractivity contribution in [3.63, 3.8) is 0 Å². The molecule has 0 saturated heterocycles. The maximum atomic E-state index is 5.37. The predicted molar refractivity (Wildman–Crippen MR) is 53.7 cm³/mol. The molecule has 0 spiro atoms. The van der Waals surface area contributed by atoms with Crippen LogP contribution in [0.1, 0.15) is 25.7 Å². The van der Waals surface area contributed by atoms with E-state index in [9.17, 15) is 0 Å². The fraction of sp³-hybridized carbons (Fsp3) is 1.00. The molecule has 0 aromatic carbocycles. The Hall–Kier alpha value is 0.478. The van der Waals surface area contributed by atoms with Crippen LogP contribution in [0.4, 0.5) is 0 Å². The molecule has 0 radical (unpaired) electrons. The second-order valence-corrected chi connectivity index (χ2v) is 3.95. The Balaban J connectivity index is 2.69. The zero-order chi connectivity index (χ0) is 8.36. The van der Waals surface area contributed by atoms with Gasteiger partial charge in [-0.1, -0.05) is 0 Å². The Morgan fingerprint density at radius 1 is 1.00 bits per heavy atom. The van der Waals surface area contributed by atoms with Crippen LogP contribution in [0.25, 0.3) is 0 Å². The third-order valence-electron chi connectivity index (χ3n) is 1.62. The summed E-state index contributed by atoms with van der Waals surface area (Å²) in [5.41, 5.74) is 5.37. The summed E-state index contributed by atoms with van der Waals surface area (Å²) in [5, 5.41) is 4.76. The van der Waals surface area contributed by atoms with Gasteiger partial charge in [0.15, 0.2) is 0 Å². The number of nitrogens with one attached hydrogen (secondary N) is 1. The molecule has 0 aliphatic rings. The van der Waals surface area contributed by atoms with Crippen molar-refractivity contribution < 1.29 is 0 Å². The van der Waals surface area contributed by atoms with E-state index in [4.69, 9.17) is 5.73 Å². The van der Waals surface area contributed by atoms with Crippen molar-refractivity contribution in [3.05, 3.63) is 0 Å². The Morgan fingerprint density at radius 2 is 1.73 bits per heavy atom. The summed E-state index contributed by atoms with van der Waals surface area (Å²) in [7, 11) is 0. The molecule has 0 amide bonds. The molecule has 1 atom stereocenters. The maximum absolute atomic E-state index is 5.37. The molecule has 0 rings (SSSR count). The van der Waals surface area contributed by atoms with Crippen LogP contribution < -0.4 is 11.1 Å².